The predicted octanol–water partition coefficient (Wildman–Crippen LogP) is 2.42. The number of anilines is 1. The largest absolute Gasteiger partial charge is 0.367 e. The van der Waals surface area contributed by atoms with E-state index < -0.39 is 0 Å². The minimum Gasteiger partial charge on any atom is -0.367 e. The minimum absolute atomic E-state index is 0.00936. The fourth-order valence-corrected chi connectivity index (χ4v) is 3.59. The van der Waals surface area contributed by atoms with Crippen molar-refractivity contribution >= 4 is 18.1 Å². The highest BCUT2D eigenvalue weighted by Gasteiger charge is 2.35. The van der Waals surface area contributed by atoms with Gasteiger partial charge in [0.15, 0.2) is 0 Å². The van der Waals surface area contributed by atoms with Crippen molar-refractivity contribution in [2.75, 3.05) is 18.4 Å². The summed E-state index contributed by atoms with van der Waals surface area (Å²) in [4.78, 5) is 33.7. The highest BCUT2D eigenvalue weighted by Crippen LogP contribution is 2.26. The fraction of sp³-hybridized carbons (Fsp3) is 0.684. The summed E-state index contributed by atoms with van der Waals surface area (Å²) in [5, 5.41) is 13.9. The van der Waals surface area contributed by atoms with Crippen LogP contribution in [0.25, 0.3) is 0 Å². The van der Waals surface area contributed by atoms with Crippen molar-refractivity contribution in [2.24, 2.45) is 0 Å². The third-order valence-corrected chi connectivity index (χ3v) is 5.10. The van der Waals surface area contributed by atoms with Crippen molar-refractivity contribution in [3.8, 4) is 0 Å². The van der Waals surface area contributed by atoms with Crippen LogP contribution in [0.4, 0.5) is 10.6 Å². The number of aromatic nitrogens is 2. The lowest BCUT2D eigenvalue weighted by Crippen LogP contribution is -2.56. The van der Waals surface area contributed by atoms with Gasteiger partial charge in [-0.05, 0) is 33.6 Å². The molecule has 2 fully saturated rings. The molecule has 0 spiro atoms. The summed E-state index contributed by atoms with van der Waals surface area (Å²) in [5.74, 6) is 1.09. The lowest BCUT2D eigenvalue weighted by atomic mass is 9.95. The van der Waals surface area contributed by atoms with Crippen LogP contribution in [0, 0.1) is 5.41 Å². The summed E-state index contributed by atoms with van der Waals surface area (Å²) in [6, 6.07) is 0.202. The van der Waals surface area contributed by atoms with E-state index in [0.29, 0.717) is 30.8 Å². The molecule has 8 nitrogen and oxygen atoms in total. The van der Waals surface area contributed by atoms with Gasteiger partial charge in [-0.15, -0.1) is 0 Å². The molecular formula is C19H30N6O2. The molecule has 1 aliphatic heterocycles. The van der Waals surface area contributed by atoms with E-state index in [2.05, 4.69) is 20.6 Å². The van der Waals surface area contributed by atoms with Crippen molar-refractivity contribution in [1.82, 2.24) is 20.2 Å². The summed E-state index contributed by atoms with van der Waals surface area (Å²) < 4.78 is 0. The van der Waals surface area contributed by atoms with Gasteiger partial charge in [0.2, 0.25) is 0 Å². The summed E-state index contributed by atoms with van der Waals surface area (Å²) >= 11 is 0. The molecule has 0 radical (unpaired) electrons. The van der Waals surface area contributed by atoms with Gasteiger partial charge in [0.05, 0.1) is 11.5 Å². The zero-order valence-electron chi connectivity index (χ0n) is 16.4. The average molecular weight is 374 g/mol. The Morgan fingerprint density at radius 2 is 1.93 bits per heavy atom. The van der Waals surface area contributed by atoms with Crippen molar-refractivity contribution in [3.05, 3.63) is 21.7 Å². The third-order valence-electron chi connectivity index (χ3n) is 5.10. The SMILES string of the molecule is CC(C)(C)NC(=O)N1CC(c2nc(NC3CCCCC3)c(C=N)c(=O)[nH]2)C1. The van der Waals surface area contributed by atoms with Crippen LogP contribution in [0.1, 0.15) is 70.2 Å². The van der Waals surface area contributed by atoms with Gasteiger partial charge in [0.1, 0.15) is 11.6 Å². The number of nitrogens with zero attached hydrogens (tertiary/aromatic N) is 2. The van der Waals surface area contributed by atoms with Crippen LogP contribution in [0.3, 0.4) is 0 Å². The Morgan fingerprint density at radius 1 is 1.26 bits per heavy atom. The zero-order valence-corrected chi connectivity index (χ0v) is 16.4. The Morgan fingerprint density at radius 3 is 2.52 bits per heavy atom. The number of hydrogen-bond donors (Lipinski definition) is 4. The highest BCUT2D eigenvalue weighted by molar-refractivity contribution is 5.83. The summed E-state index contributed by atoms with van der Waals surface area (Å²) in [6.07, 6.45) is 6.78. The molecule has 1 aromatic rings. The van der Waals surface area contributed by atoms with Crippen molar-refractivity contribution in [3.63, 3.8) is 0 Å². The molecule has 4 N–H and O–H groups in total. The van der Waals surface area contributed by atoms with Crippen LogP contribution in [0.5, 0.6) is 0 Å². The molecule has 0 unspecified atom stereocenters. The molecule has 27 heavy (non-hydrogen) atoms. The van der Waals surface area contributed by atoms with Crippen molar-refractivity contribution < 1.29 is 4.79 Å². The van der Waals surface area contributed by atoms with E-state index in [1.807, 2.05) is 20.8 Å². The van der Waals surface area contributed by atoms with Crippen LogP contribution in [0.15, 0.2) is 4.79 Å². The molecule has 8 heteroatoms. The van der Waals surface area contributed by atoms with Gasteiger partial charge < -0.3 is 25.9 Å². The van der Waals surface area contributed by atoms with E-state index in [0.717, 1.165) is 19.1 Å². The van der Waals surface area contributed by atoms with Crippen LogP contribution in [-0.2, 0) is 0 Å². The third kappa shape index (κ3) is 4.67. The smallest absolute Gasteiger partial charge is 0.317 e. The molecule has 1 aliphatic carbocycles. The molecule has 2 heterocycles. The van der Waals surface area contributed by atoms with E-state index >= 15 is 0 Å². The second-order valence-electron chi connectivity index (χ2n) is 8.62. The first-order valence-corrected chi connectivity index (χ1v) is 9.75. The number of H-pyrrole nitrogens is 1. The molecule has 148 valence electrons. The maximum absolute atomic E-state index is 12.4. The van der Waals surface area contributed by atoms with Gasteiger partial charge in [-0.3, -0.25) is 4.79 Å². The number of amides is 2. The molecule has 3 rings (SSSR count). The van der Waals surface area contributed by atoms with Gasteiger partial charge in [0, 0.05) is 30.9 Å². The topological polar surface area (TPSA) is 114 Å². The Balaban J connectivity index is 1.71. The van der Waals surface area contributed by atoms with Crippen molar-refractivity contribution in [2.45, 2.75) is 70.4 Å². The number of likely N-dealkylation sites (tertiary alicyclic amines) is 1. The molecule has 1 aromatic heterocycles. The van der Waals surface area contributed by atoms with Gasteiger partial charge in [-0.1, -0.05) is 19.3 Å². The van der Waals surface area contributed by atoms with E-state index in [4.69, 9.17) is 5.41 Å². The molecular weight excluding hydrogens is 344 g/mol. The van der Waals surface area contributed by atoms with Gasteiger partial charge in [0.25, 0.3) is 5.56 Å². The predicted molar refractivity (Wildman–Crippen MR) is 106 cm³/mol. The standard InChI is InChI=1S/C19H30N6O2/c1-19(2,3)24-18(27)25-10-12(11-25)15-22-16(14(9-20)17(26)23-15)21-13-7-5-4-6-8-13/h9,12-13,20H,4-8,10-11H2,1-3H3,(H,24,27)(H2,21,22,23,26). The summed E-state index contributed by atoms with van der Waals surface area (Å²) in [7, 11) is 0. The average Bonchev–Trinajstić information content (AvgIpc) is 2.52. The van der Waals surface area contributed by atoms with Gasteiger partial charge in [-0.25, -0.2) is 9.78 Å². The maximum Gasteiger partial charge on any atom is 0.317 e. The second-order valence-corrected chi connectivity index (χ2v) is 8.62. The Hall–Kier alpha value is -2.38. The van der Waals surface area contributed by atoms with Crippen LogP contribution < -0.4 is 16.2 Å². The second kappa shape index (κ2) is 7.70. The quantitative estimate of drug-likeness (QED) is 0.606. The molecule has 2 amide bonds. The number of aromatic amines is 1. The normalized spacial score (nSPS) is 18.7. The maximum atomic E-state index is 12.4. The molecule has 0 atom stereocenters. The first-order valence-electron chi connectivity index (χ1n) is 9.75. The Labute approximate surface area is 159 Å². The van der Waals surface area contributed by atoms with Gasteiger partial charge in [-0.2, -0.15) is 0 Å². The monoisotopic (exact) mass is 374 g/mol. The lowest BCUT2D eigenvalue weighted by molar-refractivity contribution is 0.141. The number of carbonyl (C=O) groups is 1. The summed E-state index contributed by atoms with van der Waals surface area (Å²) in [6.45, 7) is 6.89. The molecule has 0 bridgehead atoms. The number of urea groups is 1. The minimum atomic E-state index is -0.300. The fourth-order valence-electron chi connectivity index (χ4n) is 3.59. The molecule has 0 aromatic carbocycles. The van der Waals surface area contributed by atoms with E-state index in [1.54, 1.807) is 4.90 Å². The van der Waals surface area contributed by atoms with E-state index in [-0.39, 0.29) is 28.6 Å². The zero-order chi connectivity index (χ0) is 19.6. The number of hydrogen-bond acceptors (Lipinski definition) is 5. The van der Waals surface area contributed by atoms with Gasteiger partial charge >= 0.3 is 6.03 Å². The number of carbonyl (C=O) groups excluding carboxylic acids is 1. The highest BCUT2D eigenvalue weighted by atomic mass is 16.2. The number of nitrogens with one attached hydrogen (secondary N) is 4. The van der Waals surface area contributed by atoms with Crippen LogP contribution in [-0.4, -0.2) is 51.8 Å². The number of rotatable bonds is 4. The Bertz CT molecular complexity index is 754. The van der Waals surface area contributed by atoms with Crippen LogP contribution >= 0.6 is 0 Å². The van der Waals surface area contributed by atoms with E-state index in [9.17, 15) is 9.59 Å². The first kappa shape index (κ1) is 19.4. The summed E-state index contributed by atoms with van der Waals surface area (Å²) in [5.41, 5.74) is -0.311. The molecule has 1 saturated carbocycles. The Kier molecular flexibility index (Phi) is 5.53. The molecule has 1 saturated heterocycles. The molecule has 2 aliphatic rings. The van der Waals surface area contributed by atoms with E-state index in [1.165, 1.54) is 19.3 Å². The lowest BCUT2D eigenvalue weighted by Gasteiger charge is -2.40. The van der Waals surface area contributed by atoms with Crippen LogP contribution in [0.2, 0.25) is 0 Å². The van der Waals surface area contributed by atoms with Crippen molar-refractivity contribution in [1.29, 1.82) is 5.41 Å². The first-order chi connectivity index (χ1) is 12.8.